The maximum atomic E-state index is 12.7. The fourth-order valence-electron chi connectivity index (χ4n) is 3.21. The third kappa shape index (κ3) is 6.38. The van der Waals surface area contributed by atoms with E-state index in [9.17, 15) is 14.4 Å². The van der Waals surface area contributed by atoms with Crippen molar-refractivity contribution in [3.8, 4) is 0 Å². The molecule has 2 rings (SSSR count). The van der Waals surface area contributed by atoms with Crippen molar-refractivity contribution < 1.29 is 14.4 Å². The normalized spacial score (nSPS) is 14.7. The highest BCUT2D eigenvalue weighted by Gasteiger charge is 2.27. The van der Waals surface area contributed by atoms with E-state index in [2.05, 4.69) is 17.6 Å². The van der Waals surface area contributed by atoms with Gasteiger partial charge < -0.3 is 15.5 Å². The second-order valence-electron chi connectivity index (χ2n) is 7.09. The number of anilines is 1. The monoisotopic (exact) mass is 373 g/mol. The summed E-state index contributed by atoms with van der Waals surface area (Å²) in [6.07, 6.45) is 4.76. The van der Waals surface area contributed by atoms with Crippen LogP contribution in [0.25, 0.3) is 0 Å². The molecule has 0 spiro atoms. The molecule has 1 aromatic rings. The Hall–Kier alpha value is -2.37. The van der Waals surface area contributed by atoms with Crippen LogP contribution in [0.2, 0.25) is 0 Å². The standard InChI is InChI=1S/C21H31N3O3/c1-3-5-13-22-20(26)16-11-14-24(15-12-16)21(27)17-7-9-18(10-8-17)23-19(25)6-4-2/h7-10,16H,3-6,11-15H2,1-2H3,(H,22,26)(H,23,25). The minimum absolute atomic E-state index is 0.00191. The van der Waals surface area contributed by atoms with Crippen molar-refractivity contribution in [3.63, 3.8) is 0 Å². The molecule has 1 fully saturated rings. The van der Waals surface area contributed by atoms with Gasteiger partial charge >= 0.3 is 0 Å². The summed E-state index contributed by atoms with van der Waals surface area (Å²) < 4.78 is 0. The minimum Gasteiger partial charge on any atom is -0.356 e. The van der Waals surface area contributed by atoms with Crippen molar-refractivity contribution in [1.82, 2.24) is 10.2 Å². The third-order valence-electron chi connectivity index (χ3n) is 4.88. The summed E-state index contributed by atoms with van der Waals surface area (Å²) in [6, 6.07) is 7.00. The maximum Gasteiger partial charge on any atom is 0.253 e. The van der Waals surface area contributed by atoms with Crippen molar-refractivity contribution in [1.29, 1.82) is 0 Å². The van der Waals surface area contributed by atoms with Crippen LogP contribution in [0.1, 0.15) is 62.7 Å². The molecule has 0 aromatic heterocycles. The average Bonchev–Trinajstić information content (AvgIpc) is 2.68. The summed E-state index contributed by atoms with van der Waals surface area (Å²) in [4.78, 5) is 38.2. The van der Waals surface area contributed by atoms with Crippen LogP contribution in [0, 0.1) is 5.92 Å². The van der Waals surface area contributed by atoms with Gasteiger partial charge in [-0.05, 0) is 49.9 Å². The van der Waals surface area contributed by atoms with Crippen molar-refractivity contribution in [2.45, 2.75) is 52.4 Å². The summed E-state index contributed by atoms with van der Waals surface area (Å²) in [7, 11) is 0. The quantitative estimate of drug-likeness (QED) is 0.687. The van der Waals surface area contributed by atoms with E-state index < -0.39 is 0 Å². The smallest absolute Gasteiger partial charge is 0.253 e. The Balaban J connectivity index is 1.83. The SMILES string of the molecule is CCCCNC(=O)C1CCN(C(=O)c2ccc(NC(=O)CCC)cc2)CC1. The summed E-state index contributed by atoms with van der Waals surface area (Å²) in [5.41, 5.74) is 1.31. The molecule has 0 bridgehead atoms. The van der Waals surface area contributed by atoms with Gasteiger partial charge in [0.2, 0.25) is 11.8 Å². The number of nitrogens with one attached hydrogen (secondary N) is 2. The van der Waals surface area contributed by atoms with Gasteiger partial charge in [0, 0.05) is 43.2 Å². The fourth-order valence-corrected chi connectivity index (χ4v) is 3.21. The molecule has 6 heteroatoms. The Labute approximate surface area is 161 Å². The van der Waals surface area contributed by atoms with E-state index >= 15 is 0 Å². The van der Waals surface area contributed by atoms with E-state index in [-0.39, 0.29) is 23.6 Å². The van der Waals surface area contributed by atoms with Gasteiger partial charge in [-0.15, -0.1) is 0 Å². The highest BCUT2D eigenvalue weighted by molar-refractivity contribution is 5.96. The van der Waals surface area contributed by atoms with Crippen LogP contribution in [0.5, 0.6) is 0 Å². The van der Waals surface area contributed by atoms with E-state index in [1.165, 1.54) is 0 Å². The number of piperidine rings is 1. The Bertz CT molecular complexity index is 635. The lowest BCUT2D eigenvalue weighted by atomic mass is 9.95. The topological polar surface area (TPSA) is 78.5 Å². The number of nitrogens with zero attached hydrogens (tertiary/aromatic N) is 1. The number of carbonyl (C=O) groups is 3. The number of likely N-dealkylation sites (tertiary alicyclic amines) is 1. The Kier molecular flexibility index (Phi) is 8.30. The number of benzene rings is 1. The highest BCUT2D eigenvalue weighted by Crippen LogP contribution is 2.20. The van der Waals surface area contributed by atoms with E-state index in [0.717, 1.165) is 25.8 Å². The number of hydrogen-bond acceptors (Lipinski definition) is 3. The Morgan fingerprint density at radius 1 is 1.04 bits per heavy atom. The van der Waals surface area contributed by atoms with Crippen molar-refractivity contribution in [3.05, 3.63) is 29.8 Å². The third-order valence-corrected chi connectivity index (χ3v) is 4.88. The lowest BCUT2D eigenvalue weighted by molar-refractivity contribution is -0.126. The van der Waals surface area contributed by atoms with E-state index in [1.54, 1.807) is 29.2 Å². The zero-order chi connectivity index (χ0) is 19.6. The molecule has 0 unspecified atom stereocenters. The molecule has 0 atom stereocenters. The predicted molar refractivity (Wildman–Crippen MR) is 107 cm³/mol. The zero-order valence-electron chi connectivity index (χ0n) is 16.4. The number of carbonyl (C=O) groups excluding carboxylic acids is 3. The maximum absolute atomic E-state index is 12.7. The first kappa shape index (κ1) is 20.9. The Morgan fingerprint density at radius 3 is 2.30 bits per heavy atom. The van der Waals surface area contributed by atoms with Crippen LogP contribution in [0.15, 0.2) is 24.3 Å². The number of unbranched alkanes of at least 4 members (excludes halogenated alkanes) is 1. The number of rotatable bonds is 8. The molecule has 1 saturated heterocycles. The van der Waals surface area contributed by atoms with Crippen molar-refractivity contribution in [2.75, 3.05) is 25.0 Å². The van der Waals surface area contributed by atoms with Gasteiger partial charge in [0.05, 0.1) is 0 Å². The molecule has 1 aromatic carbocycles. The van der Waals surface area contributed by atoms with Crippen LogP contribution in [0.4, 0.5) is 5.69 Å². The van der Waals surface area contributed by atoms with Crippen LogP contribution in [0.3, 0.4) is 0 Å². The Morgan fingerprint density at radius 2 is 1.70 bits per heavy atom. The van der Waals surface area contributed by atoms with E-state index in [1.807, 2.05) is 6.92 Å². The van der Waals surface area contributed by atoms with Gasteiger partial charge in [-0.25, -0.2) is 0 Å². The molecule has 0 saturated carbocycles. The van der Waals surface area contributed by atoms with Gasteiger partial charge in [0.15, 0.2) is 0 Å². The van der Waals surface area contributed by atoms with Crippen molar-refractivity contribution >= 4 is 23.4 Å². The van der Waals surface area contributed by atoms with E-state index in [0.29, 0.717) is 43.6 Å². The summed E-state index contributed by atoms with van der Waals surface area (Å²) >= 11 is 0. The first-order valence-corrected chi connectivity index (χ1v) is 10.0. The van der Waals surface area contributed by atoms with E-state index in [4.69, 9.17) is 0 Å². The number of hydrogen-bond donors (Lipinski definition) is 2. The molecule has 1 aliphatic heterocycles. The van der Waals surface area contributed by atoms with Crippen LogP contribution < -0.4 is 10.6 Å². The largest absolute Gasteiger partial charge is 0.356 e. The molecule has 2 N–H and O–H groups in total. The molecule has 6 nitrogen and oxygen atoms in total. The van der Waals surface area contributed by atoms with Gasteiger partial charge in [0.25, 0.3) is 5.91 Å². The van der Waals surface area contributed by atoms with Crippen LogP contribution in [-0.2, 0) is 9.59 Å². The second-order valence-corrected chi connectivity index (χ2v) is 7.09. The molecule has 27 heavy (non-hydrogen) atoms. The molecule has 1 heterocycles. The van der Waals surface area contributed by atoms with Gasteiger partial charge in [-0.3, -0.25) is 14.4 Å². The van der Waals surface area contributed by atoms with Crippen LogP contribution >= 0.6 is 0 Å². The molecule has 1 aliphatic rings. The first-order valence-electron chi connectivity index (χ1n) is 10.0. The molecule has 0 aliphatic carbocycles. The predicted octanol–water partition coefficient (Wildman–Crippen LogP) is 3.19. The fraction of sp³-hybridized carbons (Fsp3) is 0.571. The van der Waals surface area contributed by atoms with Gasteiger partial charge in [0.1, 0.15) is 0 Å². The summed E-state index contributed by atoms with van der Waals surface area (Å²) in [5, 5.41) is 5.80. The molecular weight excluding hydrogens is 342 g/mol. The van der Waals surface area contributed by atoms with Crippen molar-refractivity contribution in [2.24, 2.45) is 5.92 Å². The lowest BCUT2D eigenvalue weighted by Gasteiger charge is -2.31. The van der Waals surface area contributed by atoms with Gasteiger partial charge in [-0.2, -0.15) is 0 Å². The van der Waals surface area contributed by atoms with Crippen LogP contribution in [-0.4, -0.2) is 42.3 Å². The molecule has 148 valence electrons. The summed E-state index contributed by atoms with van der Waals surface area (Å²) in [5.74, 6) is 0.0759. The number of amides is 3. The molecule has 3 amide bonds. The highest BCUT2D eigenvalue weighted by atomic mass is 16.2. The zero-order valence-corrected chi connectivity index (χ0v) is 16.4. The minimum atomic E-state index is -0.0220. The molecule has 0 radical (unpaired) electrons. The summed E-state index contributed by atoms with van der Waals surface area (Å²) in [6.45, 7) is 5.98. The first-order chi connectivity index (χ1) is 13.0. The lowest BCUT2D eigenvalue weighted by Crippen LogP contribution is -2.43. The second kappa shape index (κ2) is 10.7. The average molecular weight is 373 g/mol. The van der Waals surface area contributed by atoms with Gasteiger partial charge in [-0.1, -0.05) is 20.3 Å². The molecular formula is C21H31N3O3.